The summed E-state index contributed by atoms with van der Waals surface area (Å²) < 4.78 is 40.0. The van der Waals surface area contributed by atoms with E-state index in [2.05, 4.69) is 5.32 Å². The number of amides is 2. The van der Waals surface area contributed by atoms with E-state index in [1.54, 1.807) is 43.3 Å². The fraction of sp³-hybridized carbons (Fsp3) is 0.375. The van der Waals surface area contributed by atoms with Crippen molar-refractivity contribution < 1.29 is 27.5 Å². The van der Waals surface area contributed by atoms with Gasteiger partial charge < -0.3 is 19.7 Å². The third-order valence-electron chi connectivity index (χ3n) is 6.78. The zero-order valence-corrected chi connectivity index (χ0v) is 28.3. The molecule has 3 aromatic carbocycles. The van der Waals surface area contributed by atoms with Crippen LogP contribution < -0.4 is 19.1 Å². The third-order valence-corrected chi connectivity index (χ3v) is 9.16. The van der Waals surface area contributed by atoms with E-state index in [-0.39, 0.29) is 35.2 Å². The Labute approximate surface area is 270 Å². The van der Waals surface area contributed by atoms with E-state index in [9.17, 15) is 18.0 Å². The van der Waals surface area contributed by atoms with Crippen LogP contribution >= 0.6 is 23.2 Å². The maximum absolute atomic E-state index is 14.3. The lowest BCUT2D eigenvalue weighted by atomic mass is 10.1. The molecule has 44 heavy (non-hydrogen) atoms. The van der Waals surface area contributed by atoms with E-state index in [1.165, 1.54) is 43.4 Å². The second-order valence-electron chi connectivity index (χ2n) is 11.3. The summed E-state index contributed by atoms with van der Waals surface area (Å²) in [6, 6.07) is 14.9. The van der Waals surface area contributed by atoms with Crippen LogP contribution in [0.1, 0.15) is 45.2 Å². The van der Waals surface area contributed by atoms with Crippen LogP contribution in [0.25, 0.3) is 0 Å². The average Bonchev–Trinajstić information content (AvgIpc) is 2.95. The third kappa shape index (κ3) is 8.58. The number of sulfonamides is 1. The Morgan fingerprint density at radius 2 is 1.57 bits per heavy atom. The Kier molecular flexibility index (Phi) is 11.6. The Bertz CT molecular complexity index is 1590. The topological polar surface area (TPSA) is 105 Å². The molecule has 0 saturated carbocycles. The SMILES string of the molecule is CC[C@H](C(=O)NC(C)(C)C)N(Cc1ccc(Cl)cc1Cl)C(=O)CN(c1ccc(OC)c(OC)c1)S(=O)(=O)c1ccc(C)cc1. The van der Waals surface area contributed by atoms with Gasteiger partial charge in [0.2, 0.25) is 11.8 Å². The first-order valence-corrected chi connectivity index (χ1v) is 16.2. The van der Waals surface area contributed by atoms with Crippen LogP contribution in [0, 0.1) is 6.92 Å². The molecule has 0 unspecified atom stereocenters. The molecule has 0 radical (unpaired) electrons. The van der Waals surface area contributed by atoms with Gasteiger partial charge in [0.25, 0.3) is 10.0 Å². The molecule has 1 atom stereocenters. The summed E-state index contributed by atoms with van der Waals surface area (Å²) in [5.74, 6) is -0.323. The van der Waals surface area contributed by atoms with Gasteiger partial charge in [0, 0.05) is 28.2 Å². The van der Waals surface area contributed by atoms with Crippen LogP contribution in [0.2, 0.25) is 10.0 Å². The fourth-order valence-corrected chi connectivity index (χ4v) is 6.43. The summed E-state index contributed by atoms with van der Waals surface area (Å²) in [5.41, 5.74) is 1.02. The average molecular weight is 665 g/mol. The first-order chi connectivity index (χ1) is 20.6. The monoisotopic (exact) mass is 663 g/mol. The number of benzene rings is 3. The van der Waals surface area contributed by atoms with Crippen molar-refractivity contribution in [2.45, 2.75) is 64.1 Å². The van der Waals surface area contributed by atoms with Gasteiger partial charge in [-0.25, -0.2) is 8.42 Å². The second-order valence-corrected chi connectivity index (χ2v) is 14.0. The van der Waals surface area contributed by atoms with E-state index >= 15 is 0 Å². The van der Waals surface area contributed by atoms with Crippen LogP contribution in [-0.2, 0) is 26.2 Å². The molecular weight excluding hydrogens is 625 g/mol. The van der Waals surface area contributed by atoms with Crippen molar-refractivity contribution in [1.29, 1.82) is 0 Å². The van der Waals surface area contributed by atoms with Crippen molar-refractivity contribution >= 4 is 50.7 Å². The fourth-order valence-electron chi connectivity index (χ4n) is 4.55. The molecule has 0 fully saturated rings. The van der Waals surface area contributed by atoms with Gasteiger partial charge in [-0.05, 0) is 76.1 Å². The standard InChI is InChI=1S/C32H39Cl2N3O6S/c1-8-27(31(39)35-32(3,4)5)36(19-22-11-12-23(33)17-26(22)34)30(38)20-37(24-13-16-28(42-6)29(18-24)43-7)44(40,41)25-14-9-21(2)10-15-25/h9-18,27H,8,19-20H2,1-7H3,(H,35,39)/t27-/m1/s1. The number of hydrogen-bond acceptors (Lipinski definition) is 6. The van der Waals surface area contributed by atoms with E-state index in [1.807, 2.05) is 27.7 Å². The number of ether oxygens (including phenoxy) is 2. The maximum Gasteiger partial charge on any atom is 0.264 e. The van der Waals surface area contributed by atoms with E-state index in [0.29, 0.717) is 21.4 Å². The molecule has 0 spiro atoms. The molecule has 0 aromatic heterocycles. The van der Waals surface area contributed by atoms with E-state index in [0.717, 1.165) is 9.87 Å². The largest absolute Gasteiger partial charge is 0.493 e. The number of nitrogens with one attached hydrogen (secondary N) is 1. The molecule has 0 heterocycles. The van der Waals surface area contributed by atoms with Gasteiger partial charge in [0.1, 0.15) is 12.6 Å². The predicted molar refractivity (Wildman–Crippen MR) is 174 cm³/mol. The summed E-state index contributed by atoms with van der Waals surface area (Å²) in [7, 11) is -1.37. The first kappa shape index (κ1) is 35.0. The molecule has 3 aromatic rings. The van der Waals surface area contributed by atoms with E-state index in [4.69, 9.17) is 32.7 Å². The number of halogens is 2. The molecular formula is C32H39Cl2N3O6S. The number of carbonyl (C=O) groups is 2. The van der Waals surface area contributed by atoms with Crippen molar-refractivity contribution in [3.05, 3.63) is 81.8 Å². The van der Waals surface area contributed by atoms with Gasteiger partial charge in [-0.1, -0.05) is 53.9 Å². The number of nitrogens with zero attached hydrogens (tertiary/aromatic N) is 2. The normalized spacial score (nSPS) is 12.3. The molecule has 9 nitrogen and oxygen atoms in total. The van der Waals surface area contributed by atoms with Gasteiger partial charge >= 0.3 is 0 Å². The van der Waals surface area contributed by atoms with E-state index < -0.39 is 34.1 Å². The van der Waals surface area contributed by atoms with Crippen LogP contribution in [0.15, 0.2) is 65.6 Å². The van der Waals surface area contributed by atoms with Crippen molar-refractivity contribution in [2.75, 3.05) is 25.1 Å². The Morgan fingerprint density at radius 1 is 0.932 bits per heavy atom. The highest BCUT2D eigenvalue weighted by Gasteiger charge is 2.35. The summed E-state index contributed by atoms with van der Waals surface area (Å²) in [5, 5.41) is 3.67. The molecule has 2 amide bonds. The Balaban J connectivity index is 2.15. The van der Waals surface area contributed by atoms with Gasteiger partial charge in [0.05, 0.1) is 24.8 Å². The highest BCUT2D eigenvalue weighted by atomic mass is 35.5. The molecule has 3 rings (SSSR count). The predicted octanol–water partition coefficient (Wildman–Crippen LogP) is 6.24. The number of rotatable bonds is 12. The van der Waals surface area contributed by atoms with Crippen molar-refractivity contribution in [3.8, 4) is 11.5 Å². The lowest BCUT2D eigenvalue weighted by Crippen LogP contribution is -2.55. The number of carbonyl (C=O) groups excluding carboxylic acids is 2. The number of anilines is 1. The van der Waals surface area contributed by atoms with Crippen LogP contribution in [0.4, 0.5) is 5.69 Å². The minimum atomic E-state index is -4.27. The Morgan fingerprint density at radius 3 is 2.11 bits per heavy atom. The van der Waals surface area contributed by atoms with Crippen LogP contribution in [-0.4, -0.2) is 57.5 Å². The molecule has 0 aliphatic carbocycles. The van der Waals surface area contributed by atoms with Crippen molar-refractivity contribution in [3.63, 3.8) is 0 Å². The number of hydrogen-bond donors (Lipinski definition) is 1. The quantitative estimate of drug-likeness (QED) is 0.246. The van der Waals surface area contributed by atoms with Gasteiger partial charge in [-0.3, -0.25) is 13.9 Å². The molecule has 0 saturated heterocycles. The summed E-state index contributed by atoms with van der Waals surface area (Å²) in [6.07, 6.45) is 0.264. The van der Waals surface area contributed by atoms with Gasteiger partial charge in [-0.15, -0.1) is 0 Å². The lowest BCUT2D eigenvalue weighted by Gasteiger charge is -2.35. The zero-order valence-electron chi connectivity index (χ0n) is 26.0. The molecule has 0 aliphatic rings. The summed E-state index contributed by atoms with van der Waals surface area (Å²) in [6.45, 7) is 8.48. The van der Waals surface area contributed by atoms with Gasteiger partial charge in [0.15, 0.2) is 11.5 Å². The van der Waals surface area contributed by atoms with Crippen molar-refractivity contribution in [2.24, 2.45) is 0 Å². The molecule has 0 bridgehead atoms. The maximum atomic E-state index is 14.3. The molecule has 1 N–H and O–H groups in total. The lowest BCUT2D eigenvalue weighted by molar-refractivity contribution is -0.141. The van der Waals surface area contributed by atoms with Crippen molar-refractivity contribution in [1.82, 2.24) is 10.2 Å². The summed E-state index contributed by atoms with van der Waals surface area (Å²) >= 11 is 12.6. The van der Waals surface area contributed by atoms with Crippen LogP contribution in [0.3, 0.4) is 0 Å². The summed E-state index contributed by atoms with van der Waals surface area (Å²) in [4.78, 5) is 29.2. The highest BCUT2D eigenvalue weighted by molar-refractivity contribution is 7.92. The minimum absolute atomic E-state index is 0.00417. The first-order valence-electron chi connectivity index (χ1n) is 14.0. The number of aryl methyl sites for hydroxylation is 1. The smallest absolute Gasteiger partial charge is 0.264 e. The zero-order chi connectivity index (χ0) is 32.8. The number of methoxy groups -OCH3 is 2. The highest BCUT2D eigenvalue weighted by Crippen LogP contribution is 2.34. The molecule has 12 heteroatoms. The molecule has 0 aliphatic heterocycles. The minimum Gasteiger partial charge on any atom is -0.493 e. The Hall–Kier alpha value is -3.47. The van der Waals surface area contributed by atoms with Crippen LogP contribution in [0.5, 0.6) is 11.5 Å². The molecule has 238 valence electrons. The van der Waals surface area contributed by atoms with Gasteiger partial charge in [-0.2, -0.15) is 0 Å². The second kappa shape index (κ2) is 14.5.